The van der Waals surface area contributed by atoms with Crippen LogP contribution in [0.25, 0.3) is 11.3 Å². The van der Waals surface area contributed by atoms with Gasteiger partial charge in [-0.15, -0.1) is 0 Å². The van der Waals surface area contributed by atoms with Crippen molar-refractivity contribution in [1.82, 2.24) is 10.1 Å². The zero-order valence-corrected chi connectivity index (χ0v) is 16.1. The van der Waals surface area contributed by atoms with Crippen LogP contribution in [0.15, 0.2) is 53.1 Å². The number of carbonyl (C=O) groups is 1. The summed E-state index contributed by atoms with van der Waals surface area (Å²) < 4.78 is 18.5. The lowest BCUT2D eigenvalue weighted by molar-refractivity contribution is 0.0745. The van der Waals surface area contributed by atoms with Crippen molar-refractivity contribution in [2.24, 2.45) is 0 Å². The summed E-state index contributed by atoms with van der Waals surface area (Å²) in [5.41, 5.74) is 2.58. The molecule has 0 unspecified atom stereocenters. The SMILES string of the molecule is Cc1onc(-c2ccc(F)cc2)c1C(=O)N1CCN(c2cccc(Cl)c2)CC1. The van der Waals surface area contributed by atoms with Gasteiger partial charge in [-0.2, -0.15) is 0 Å². The second-order valence-corrected chi connectivity index (χ2v) is 7.16. The van der Waals surface area contributed by atoms with Crippen LogP contribution in [-0.4, -0.2) is 42.1 Å². The minimum Gasteiger partial charge on any atom is -0.368 e. The summed E-state index contributed by atoms with van der Waals surface area (Å²) in [7, 11) is 0. The third-order valence-corrected chi connectivity index (χ3v) is 5.17. The lowest BCUT2D eigenvalue weighted by Crippen LogP contribution is -2.49. The number of amides is 1. The zero-order valence-electron chi connectivity index (χ0n) is 15.4. The van der Waals surface area contributed by atoms with Gasteiger partial charge in [-0.1, -0.05) is 22.8 Å². The van der Waals surface area contributed by atoms with Crippen molar-refractivity contribution in [2.45, 2.75) is 6.92 Å². The first-order valence-corrected chi connectivity index (χ1v) is 9.43. The van der Waals surface area contributed by atoms with Crippen LogP contribution in [0.4, 0.5) is 10.1 Å². The summed E-state index contributed by atoms with van der Waals surface area (Å²) in [6, 6.07) is 13.6. The number of carbonyl (C=O) groups excluding carboxylic acids is 1. The highest BCUT2D eigenvalue weighted by Gasteiger charge is 2.28. The number of hydrogen-bond donors (Lipinski definition) is 0. The number of benzene rings is 2. The summed E-state index contributed by atoms with van der Waals surface area (Å²) in [5, 5.41) is 4.73. The van der Waals surface area contributed by atoms with Crippen molar-refractivity contribution in [2.75, 3.05) is 31.1 Å². The Kier molecular flexibility index (Phi) is 5.05. The van der Waals surface area contributed by atoms with E-state index in [0.717, 1.165) is 5.69 Å². The summed E-state index contributed by atoms with van der Waals surface area (Å²) in [4.78, 5) is 17.2. The summed E-state index contributed by atoms with van der Waals surface area (Å²) >= 11 is 6.08. The predicted molar refractivity (Wildman–Crippen MR) is 106 cm³/mol. The number of hydrogen-bond acceptors (Lipinski definition) is 4. The Balaban J connectivity index is 1.52. The molecule has 5 nitrogen and oxygen atoms in total. The maximum atomic E-state index is 13.2. The van der Waals surface area contributed by atoms with Crippen LogP contribution in [0.2, 0.25) is 5.02 Å². The molecule has 1 amide bonds. The van der Waals surface area contributed by atoms with Gasteiger partial charge in [0.2, 0.25) is 0 Å². The molecule has 0 radical (unpaired) electrons. The normalized spacial score (nSPS) is 14.4. The number of rotatable bonds is 3. The van der Waals surface area contributed by atoms with Gasteiger partial charge in [-0.3, -0.25) is 4.79 Å². The molecule has 1 aliphatic heterocycles. The first-order valence-electron chi connectivity index (χ1n) is 9.05. The van der Waals surface area contributed by atoms with Crippen LogP contribution < -0.4 is 4.90 Å². The molecule has 0 bridgehead atoms. The molecule has 1 aromatic heterocycles. The maximum Gasteiger partial charge on any atom is 0.259 e. The Bertz CT molecular complexity index is 995. The highest BCUT2D eigenvalue weighted by atomic mass is 35.5. The monoisotopic (exact) mass is 399 g/mol. The molecule has 7 heteroatoms. The van der Waals surface area contributed by atoms with Gasteiger partial charge in [0.15, 0.2) is 0 Å². The van der Waals surface area contributed by atoms with Gasteiger partial charge >= 0.3 is 0 Å². The number of halogens is 2. The molecule has 1 aliphatic rings. The quantitative estimate of drug-likeness (QED) is 0.654. The maximum absolute atomic E-state index is 13.2. The van der Waals surface area contributed by atoms with Crippen molar-refractivity contribution < 1.29 is 13.7 Å². The van der Waals surface area contributed by atoms with Gasteiger partial charge in [0, 0.05) is 42.5 Å². The molecular weight excluding hydrogens is 381 g/mol. The largest absolute Gasteiger partial charge is 0.368 e. The molecule has 0 aliphatic carbocycles. The van der Waals surface area contributed by atoms with Crippen LogP contribution in [0, 0.1) is 12.7 Å². The topological polar surface area (TPSA) is 49.6 Å². The van der Waals surface area contributed by atoms with Gasteiger partial charge in [0.25, 0.3) is 5.91 Å². The van der Waals surface area contributed by atoms with Crippen molar-refractivity contribution in [3.63, 3.8) is 0 Å². The molecule has 3 aromatic rings. The standard InChI is InChI=1S/C21H19ClFN3O2/c1-14-19(20(24-28-14)15-5-7-17(23)8-6-15)21(27)26-11-9-25(10-12-26)18-4-2-3-16(22)13-18/h2-8,13H,9-12H2,1H3. The smallest absolute Gasteiger partial charge is 0.259 e. The van der Waals surface area contributed by atoms with E-state index >= 15 is 0 Å². The fourth-order valence-corrected chi connectivity index (χ4v) is 3.61. The van der Waals surface area contributed by atoms with Crippen molar-refractivity contribution >= 4 is 23.2 Å². The highest BCUT2D eigenvalue weighted by molar-refractivity contribution is 6.30. The molecular formula is C21H19ClFN3O2. The molecule has 0 N–H and O–H groups in total. The fourth-order valence-electron chi connectivity index (χ4n) is 3.43. The number of piperazine rings is 1. The molecule has 1 saturated heterocycles. The van der Waals surface area contributed by atoms with Crippen LogP contribution in [0.5, 0.6) is 0 Å². The van der Waals surface area contributed by atoms with Crippen molar-refractivity contribution in [3.05, 3.63) is 70.7 Å². The van der Waals surface area contributed by atoms with Crippen molar-refractivity contribution in [1.29, 1.82) is 0 Å². The van der Waals surface area contributed by atoms with Crippen molar-refractivity contribution in [3.8, 4) is 11.3 Å². The Morgan fingerprint density at radius 3 is 2.50 bits per heavy atom. The fraction of sp³-hybridized carbons (Fsp3) is 0.238. The molecule has 4 rings (SSSR count). The molecule has 28 heavy (non-hydrogen) atoms. The van der Waals surface area contributed by atoms with E-state index in [9.17, 15) is 9.18 Å². The Morgan fingerprint density at radius 2 is 1.82 bits per heavy atom. The molecule has 2 heterocycles. The molecule has 0 atom stereocenters. The molecule has 2 aromatic carbocycles. The van der Waals surface area contributed by atoms with Gasteiger partial charge in [-0.25, -0.2) is 4.39 Å². The first kappa shape index (κ1) is 18.5. The third kappa shape index (κ3) is 3.60. The van der Waals surface area contributed by atoms with Gasteiger partial charge in [-0.05, 0) is 49.4 Å². The third-order valence-electron chi connectivity index (χ3n) is 4.93. The average molecular weight is 400 g/mol. The second-order valence-electron chi connectivity index (χ2n) is 6.73. The van der Waals surface area contributed by atoms with E-state index in [1.54, 1.807) is 24.0 Å². The van der Waals surface area contributed by atoms with Crippen LogP contribution in [0.3, 0.4) is 0 Å². The van der Waals surface area contributed by atoms with Gasteiger partial charge < -0.3 is 14.3 Å². The van der Waals surface area contributed by atoms with E-state index in [0.29, 0.717) is 53.8 Å². The first-order chi connectivity index (χ1) is 13.5. The molecule has 0 spiro atoms. The number of aromatic nitrogens is 1. The minimum atomic E-state index is -0.339. The second kappa shape index (κ2) is 7.64. The van der Waals surface area contributed by atoms with Gasteiger partial charge in [0.05, 0.1) is 0 Å². The molecule has 0 saturated carbocycles. The number of aryl methyl sites for hydroxylation is 1. The van der Waals surface area contributed by atoms with E-state index in [2.05, 4.69) is 10.1 Å². The predicted octanol–water partition coefficient (Wildman–Crippen LogP) is 4.40. The Labute approximate surface area is 167 Å². The van der Waals surface area contributed by atoms with Gasteiger partial charge in [0.1, 0.15) is 22.8 Å². The van der Waals surface area contributed by atoms with E-state index < -0.39 is 0 Å². The van der Waals surface area contributed by atoms with E-state index in [4.69, 9.17) is 16.1 Å². The molecule has 1 fully saturated rings. The minimum absolute atomic E-state index is 0.121. The lowest BCUT2D eigenvalue weighted by Gasteiger charge is -2.36. The van der Waals surface area contributed by atoms with Crippen LogP contribution >= 0.6 is 11.6 Å². The van der Waals surface area contributed by atoms with Crippen LogP contribution in [0.1, 0.15) is 16.1 Å². The summed E-state index contributed by atoms with van der Waals surface area (Å²) in [6.07, 6.45) is 0. The summed E-state index contributed by atoms with van der Waals surface area (Å²) in [5.74, 6) is -0.000560. The van der Waals surface area contributed by atoms with E-state index in [-0.39, 0.29) is 11.7 Å². The zero-order chi connectivity index (χ0) is 19.7. The molecule has 144 valence electrons. The lowest BCUT2D eigenvalue weighted by atomic mass is 10.0. The average Bonchev–Trinajstić information content (AvgIpc) is 3.09. The Morgan fingerprint density at radius 1 is 1.11 bits per heavy atom. The number of nitrogens with zero attached hydrogens (tertiary/aromatic N) is 3. The Hall–Kier alpha value is -2.86. The van der Waals surface area contributed by atoms with E-state index in [1.165, 1.54) is 12.1 Å². The summed E-state index contributed by atoms with van der Waals surface area (Å²) in [6.45, 7) is 4.30. The van der Waals surface area contributed by atoms with E-state index in [1.807, 2.05) is 24.3 Å². The highest BCUT2D eigenvalue weighted by Crippen LogP contribution is 2.28. The van der Waals surface area contributed by atoms with Crippen LogP contribution in [-0.2, 0) is 0 Å². The number of anilines is 1.